The van der Waals surface area contributed by atoms with Gasteiger partial charge in [0.15, 0.2) is 0 Å². The fourth-order valence-corrected chi connectivity index (χ4v) is 6.00. The van der Waals surface area contributed by atoms with E-state index in [1.807, 2.05) is 51.1 Å². The standard InChI is InChI=1S/C31H44N4O4/c1-31(2,3)39-30(37)33-19-23-10-8-22(9-11-23)18-32-29(36)26-17-28(34-27-7-5-4-6-25(26)27)35-14-12-21(13-15-35)16-24-20-38-24/h4-7,17,21-24H,8-16,18-20H2,1-3H3,(H,32,36)(H,33,37). The van der Waals surface area contributed by atoms with Gasteiger partial charge >= 0.3 is 6.09 Å². The lowest BCUT2D eigenvalue weighted by molar-refractivity contribution is 0.0512. The molecule has 1 aromatic heterocycles. The van der Waals surface area contributed by atoms with Gasteiger partial charge in [0.25, 0.3) is 5.91 Å². The van der Waals surface area contributed by atoms with Crippen LogP contribution in [0.4, 0.5) is 10.6 Å². The molecule has 0 spiro atoms. The molecule has 5 rings (SSSR count). The lowest BCUT2D eigenvalue weighted by Crippen LogP contribution is -2.37. The van der Waals surface area contributed by atoms with E-state index < -0.39 is 5.60 Å². The fraction of sp³-hybridized carbons (Fsp3) is 0.645. The summed E-state index contributed by atoms with van der Waals surface area (Å²) < 4.78 is 10.8. The molecule has 2 saturated heterocycles. The van der Waals surface area contributed by atoms with Gasteiger partial charge in [0.1, 0.15) is 11.4 Å². The second kappa shape index (κ2) is 12.1. The number of hydrogen-bond acceptors (Lipinski definition) is 6. The van der Waals surface area contributed by atoms with E-state index in [9.17, 15) is 9.59 Å². The number of alkyl carbamates (subject to hydrolysis) is 1. The number of nitrogens with one attached hydrogen (secondary N) is 2. The van der Waals surface area contributed by atoms with Crippen molar-refractivity contribution in [3.63, 3.8) is 0 Å². The zero-order valence-electron chi connectivity index (χ0n) is 23.7. The molecule has 39 heavy (non-hydrogen) atoms. The number of rotatable bonds is 8. The highest BCUT2D eigenvalue weighted by molar-refractivity contribution is 6.07. The third-order valence-electron chi connectivity index (χ3n) is 8.34. The highest BCUT2D eigenvalue weighted by Crippen LogP contribution is 2.31. The smallest absolute Gasteiger partial charge is 0.407 e. The number of hydrogen-bond donors (Lipinski definition) is 2. The first-order valence-electron chi connectivity index (χ1n) is 14.7. The number of carbonyl (C=O) groups excluding carboxylic acids is 2. The van der Waals surface area contributed by atoms with Crippen molar-refractivity contribution < 1.29 is 19.1 Å². The van der Waals surface area contributed by atoms with Gasteiger partial charge in [0, 0.05) is 31.6 Å². The molecule has 8 nitrogen and oxygen atoms in total. The summed E-state index contributed by atoms with van der Waals surface area (Å²) in [6, 6.07) is 9.93. The fourth-order valence-electron chi connectivity index (χ4n) is 6.00. The molecule has 3 heterocycles. The third kappa shape index (κ3) is 7.84. The number of pyridine rings is 1. The van der Waals surface area contributed by atoms with E-state index in [0.29, 0.717) is 36.6 Å². The lowest BCUT2D eigenvalue weighted by atomic mass is 9.82. The molecule has 3 fully saturated rings. The van der Waals surface area contributed by atoms with Gasteiger partial charge in [0.2, 0.25) is 0 Å². The predicted molar refractivity (Wildman–Crippen MR) is 153 cm³/mol. The van der Waals surface area contributed by atoms with Crippen molar-refractivity contribution in [1.29, 1.82) is 0 Å². The van der Waals surface area contributed by atoms with Crippen LogP contribution in [0.1, 0.15) is 76.1 Å². The molecular formula is C31H44N4O4. The van der Waals surface area contributed by atoms with Crippen molar-refractivity contribution in [2.45, 2.75) is 77.4 Å². The Hall–Kier alpha value is -2.87. The Balaban J connectivity index is 1.13. The first kappa shape index (κ1) is 27.7. The molecule has 2 aliphatic heterocycles. The average molecular weight is 537 g/mol. The van der Waals surface area contributed by atoms with Gasteiger partial charge < -0.3 is 25.0 Å². The largest absolute Gasteiger partial charge is 0.444 e. The highest BCUT2D eigenvalue weighted by atomic mass is 16.6. The minimum absolute atomic E-state index is 0.0238. The molecule has 2 amide bonds. The SMILES string of the molecule is CC(C)(C)OC(=O)NCC1CCC(CNC(=O)c2cc(N3CCC(CC4CO4)CC3)nc3ccccc23)CC1. The third-order valence-corrected chi connectivity index (χ3v) is 8.34. The molecule has 2 N–H and O–H groups in total. The van der Waals surface area contributed by atoms with Crippen LogP contribution in [0.25, 0.3) is 10.9 Å². The van der Waals surface area contributed by atoms with Crippen molar-refractivity contribution in [2.24, 2.45) is 17.8 Å². The maximum absolute atomic E-state index is 13.4. The zero-order valence-corrected chi connectivity index (χ0v) is 23.7. The number of nitrogens with zero attached hydrogens (tertiary/aromatic N) is 2. The first-order chi connectivity index (χ1) is 18.7. The summed E-state index contributed by atoms with van der Waals surface area (Å²) in [7, 11) is 0. The minimum atomic E-state index is -0.483. The first-order valence-corrected chi connectivity index (χ1v) is 14.7. The molecule has 1 unspecified atom stereocenters. The monoisotopic (exact) mass is 536 g/mol. The van der Waals surface area contributed by atoms with E-state index in [1.165, 1.54) is 6.42 Å². The number of anilines is 1. The normalized spacial score (nSPS) is 23.9. The van der Waals surface area contributed by atoms with Crippen molar-refractivity contribution in [3.8, 4) is 0 Å². The number of benzene rings is 1. The van der Waals surface area contributed by atoms with Crippen LogP contribution >= 0.6 is 0 Å². The van der Waals surface area contributed by atoms with Crippen LogP contribution < -0.4 is 15.5 Å². The average Bonchev–Trinajstić information content (AvgIpc) is 3.74. The molecule has 8 heteroatoms. The predicted octanol–water partition coefficient (Wildman–Crippen LogP) is 5.30. The number of carbonyl (C=O) groups is 2. The summed E-state index contributed by atoms with van der Waals surface area (Å²) in [5.41, 5.74) is 1.09. The van der Waals surface area contributed by atoms with E-state index in [1.54, 1.807) is 0 Å². The summed E-state index contributed by atoms with van der Waals surface area (Å²) in [4.78, 5) is 32.7. The van der Waals surface area contributed by atoms with Crippen LogP contribution in [0.3, 0.4) is 0 Å². The van der Waals surface area contributed by atoms with Crippen molar-refractivity contribution >= 4 is 28.7 Å². The van der Waals surface area contributed by atoms with Crippen molar-refractivity contribution in [3.05, 3.63) is 35.9 Å². The number of amides is 2. The Bertz CT molecular complexity index is 1140. The van der Waals surface area contributed by atoms with Gasteiger partial charge in [-0.15, -0.1) is 0 Å². The number of fused-ring (bicyclic) bond motifs is 1. The van der Waals surface area contributed by atoms with Crippen molar-refractivity contribution in [1.82, 2.24) is 15.6 Å². The van der Waals surface area contributed by atoms with Crippen LogP contribution in [0.2, 0.25) is 0 Å². The van der Waals surface area contributed by atoms with Gasteiger partial charge in [-0.05, 0) is 95.6 Å². The number of piperidine rings is 1. The Morgan fingerprint density at radius 3 is 2.26 bits per heavy atom. The molecular weight excluding hydrogens is 492 g/mol. The van der Waals surface area contributed by atoms with Gasteiger partial charge in [-0.2, -0.15) is 0 Å². The maximum atomic E-state index is 13.4. The summed E-state index contributed by atoms with van der Waals surface area (Å²) in [6.07, 6.45) is 7.78. The quantitative estimate of drug-likeness (QED) is 0.445. The Kier molecular flexibility index (Phi) is 8.60. The van der Waals surface area contributed by atoms with E-state index in [0.717, 1.165) is 80.9 Å². The molecule has 0 radical (unpaired) electrons. The minimum Gasteiger partial charge on any atom is -0.444 e. The van der Waals surface area contributed by atoms with Crippen molar-refractivity contribution in [2.75, 3.05) is 37.7 Å². The van der Waals surface area contributed by atoms with Crippen LogP contribution in [0.15, 0.2) is 30.3 Å². The van der Waals surface area contributed by atoms with Crippen LogP contribution in [0, 0.1) is 17.8 Å². The lowest BCUT2D eigenvalue weighted by Gasteiger charge is -2.33. The Labute approximate surface area is 232 Å². The Morgan fingerprint density at radius 1 is 0.974 bits per heavy atom. The summed E-state index contributed by atoms with van der Waals surface area (Å²) >= 11 is 0. The van der Waals surface area contributed by atoms with E-state index in [2.05, 4.69) is 15.5 Å². The molecule has 3 aliphatic rings. The molecule has 1 saturated carbocycles. The molecule has 1 aromatic carbocycles. The summed E-state index contributed by atoms with van der Waals surface area (Å²) in [6.45, 7) is 9.80. The van der Waals surface area contributed by atoms with Gasteiger partial charge in [0.05, 0.1) is 23.8 Å². The van der Waals surface area contributed by atoms with E-state index in [-0.39, 0.29) is 12.0 Å². The Morgan fingerprint density at radius 2 is 1.62 bits per heavy atom. The van der Waals surface area contributed by atoms with E-state index >= 15 is 0 Å². The van der Waals surface area contributed by atoms with Crippen LogP contribution in [-0.4, -0.2) is 61.5 Å². The van der Waals surface area contributed by atoms with Gasteiger partial charge in [-0.1, -0.05) is 18.2 Å². The number of ether oxygens (including phenoxy) is 2. The molecule has 212 valence electrons. The second-order valence-electron chi connectivity index (χ2n) is 12.6. The zero-order chi connectivity index (χ0) is 27.4. The van der Waals surface area contributed by atoms with E-state index in [4.69, 9.17) is 14.5 Å². The number of para-hydroxylation sites is 1. The second-order valence-corrected chi connectivity index (χ2v) is 12.6. The topological polar surface area (TPSA) is 96.1 Å². The molecule has 2 aromatic rings. The van der Waals surface area contributed by atoms with Gasteiger partial charge in [-0.3, -0.25) is 4.79 Å². The van der Waals surface area contributed by atoms with Gasteiger partial charge in [-0.25, -0.2) is 9.78 Å². The maximum Gasteiger partial charge on any atom is 0.407 e. The number of epoxide rings is 1. The number of aromatic nitrogens is 1. The highest BCUT2D eigenvalue weighted by Gasteiger charge is 2.30. The summed E-state index contributed by atoms with van der Waals surface area (Å²) in [5.74, 6) is 2.51. The van der Waals surface area contributed by atoms with Crippen LogP contribution in [0.5, 0.6) is 0 Å². The van der Waals surface area contributed by atoms with Crippen LogP contribution in [-0.2, 0) is 9.47 Å². The summed E-state index contributed by atoms with van der Waals surface area (Å²) in [5, 5.41) is 7.04. The molecule has 0 bridgehead atoms. The molecule has 1 atom stereocenters. The molecule has 1 aliphatic carbocycles.